The number of carbonyl (C=O) groups is 1. The first kappa shape index (κ1) is 17.6. The summed E-state index contributed by atoms with van der Waals surface area (Å²) in [7, 11) is 0. The summed E-state index contributed by atoms with van der Waals surface area (Å²) in [4.78, 5) is 20.8. The highest BCUT2D eigenvalue weighted by molar-refractivity contribution is 5.78. The molecule has 0 radical (unpaired) electrons. The smallest absolute Gasteiger partial charge is 0.260 e. The van der Waals surface area contributed by atoms with Gasteiger partial charge in [-0.1, -0.05) is 12.1 Å². The van der Waals surface area contributed by atoms with Crippen LogP contribution in [0.2, 0.25) is 0 Å². The van der Waals surface area contributed by atoms with Crippen LogP contribution in [0.3, 0.4) is 0 Å². The Kier molecular flexibility index (Phi) is 4.64. The molecular formula is C21H25N3O3. The van der Waals surface area contributed by atoms with Crippen molar-refractivity contribution < 1.29 is 14.3 Å². The highest BCUT2D eigenvalue weighted by atomic mass is 16.5. The molecule has 0 spiro atoms. The second-order valence-corrected chi connectivity index (χ2v) is 7.64. The van der Waals surface area contributed by atoms with E-state index in [1.165, 1.54) is 0 Å². The van der Waals surface area contributed by atoms with E-state index in [0.29, 0.717) is 18.8 Å². The van der Waals surface area contributed by atoms with Gasteiger partial charge in [0.2, 0.25) is 0 Å². The third-order valence-electron chi connectivity index (χ3n) is 5.07. The Morgan fingerprint density at radius 1 is 1.15 bits per heavy atom. The maximum atomic E-state index is 12.6. The third-order valence-corrected chi connectivity index (χ3v) is 5.07. The number of pyridine rings is 1. The maximum Gasteiger partial charge on any atom is 0.260 e. The van der Waals surface area contributed by atoms with E-state index in [1.54, 1.807) is 12.4 Å². The van der Waals surface area contributed by atoms with Crippen LogP contribution >= 0.6 is 0 Å². The lowest BCUT2D eigenvalue weighted by Gasteiger charge is -2.36. The molecule has 1 aromatic carbocycles. The standard InChI is InChI=1S/C21H25N3O3/c1-21(2)14-16-4-3-5-18(20(16)27-21)26-15-19(25)24-12-10-23(11-13-24)17-6-8-22-9-7-17/h3-9H,10-15H2,1-2H3. The average molecular weight is 367 g/mol. The lowest BCUT2D eigenvalue weighted by molar-refractivity contribution is -0.133. The van der Waals surface area contributed by atoms with Gasteiger partial charge in [0.1, 0.15) is 5.60 Å². The van der Waals surface area contributed by atoms with E-state index in [1.807, 2.05) is 29.2 Å². The monoisotopic (exact) mass is 367 g/mol. The first-order valence-corrected chi connectivity index (χ1v) is 9.38. The summed E-state index contributed by atoms with van der Waals surface area (Å²) in [6, 6.07) is 9.87. The van der Waals surface area contributed by atoms with Crippen LogP contribution < -0.4 is 14.4 Å². The Hall–Kier alpha value is -2.76. The van der Waals surface area contributed by atoms with Crippen molar-refractivity contribution in [1.82, 2.24) is 9.88 Å². The normalized spacial score (nSPS) is 18.0. The molecule has 6 heteroatoms. The minimum atomic E-state index is -0.227. The number of anilines is 1. The molecule has 27 heavy (non-hydrogen) atoms. The molecule has 3 heterocycles. The van der Waals surface area contributed by atoms with Gasteiger partial charge in [-0.05, 0) is 32.0 Å². The fraction of sp³-hybridized carbons (Fsp3) is 0.429. The minimum absolute atomic E-state index is 0.0132. The number of aromatic nitrogens is 1. The molecule has 0 aliphatic carbocycles. The van der Waals surface area contributed by atoms with E-state index in [9.17, 15) is 4.79 Å². The molecule has 1 aromatic heterocycles. The van der Waals surface area contributed by atoms with Gasteiger partial charge >= 0.3 is 0 Å². The van der Waals surface area contributed by atoms with Crippen molar-refractivity contribution >= 4 is 11.6 Å². The summed E-state index contributed by atoms with van der Waals surface area (Å²) >= 11 is 0. The van der Waals surface area contributed by atoms with Crippen LogP contribution in [-0.4, -0.2) is 54.2 Å². The molecule has 1 amide bonds. The molecule has 2 aliphatic heterocycles. The number of hydrogen-bond donors (Lipinski definition) is 0. The zero-order chi connectivity index (χ0) is 18.9. The molecule has 1 saturated heterocycles. The predicted molar refractivity (Wildman–Crippen MR) is 103 cm³/mol. The molecule has 0 N–H and O–H groups in total. The molecule has 6 nitrogen and oxygen atoms in total. The van der Waals surface area contributed by atoms with E-state index in [2.05, 4.69) is 29.8 Å². The van der Waals surface area contributed by atoms with E-state index in [4.69, 9.17) is 9.47 Å². The van der Waals surface area contributed by atoms with Crippen molar-refractivity contribution in [1.29, 1.82) is 0 Å². The topological polar surface area (TPSA) is 54.9 Å². The quantitative estimate of drug-likeness (QED) is 0.831. The molecule has 2 aromatic rings. The van der Waals surface area contributed by atoms with Gasteiger partial charge in [-0.2, -0.15) is 0 Å². The number of benzene rings is 1. The van der Waals surface area contributed by atoms with Crippen molar-refractivity contribution in [3.05, 3.63) is 48.3 Å². The summed E-state index contributed by atoms with van der Waals surface area (Å²) in [5.74, 6) is 1.44. The maximum absolute atomic E-state index is 12.6. The number of nitrogens with zero attached hydrogens (tertiary/aromatic N) is 3. The first-order chi connectivity index (χ1) is 13.0. The molecule has 1 fully saturated rings. The van der Waals surface area contributed by atoms with Gasteiger partial charge in [0.05, 0.1) is 0 Å². The highest BCUT2D eigenvalue weighted by Crippen LogP contribution is 2.41. The minimum Gasteiger partial charge on any atom is -0.483 e. The second-order valence-electron chi connectivity index (χ2n) is 7.64. The zero-order valence-electron chi connectivity index (χ0n) is 15.9. The van der Waals surface area contributed by atoms with E-state index in [-0.39, 0.29) is 18.1 Å². The first-order valence-electron chi connectivity index (χ1n) is 9.38. The Labute approximate surface area is 159 Å². The summed E-state index contributed by atoms with van der Waals surface area (Å²) < 4.78 is 11.8. The lowest BCUT2D eigenvalue weighted by Crippen LogP contribution is -2.50. The molecule has 0 saturated carbocycles. The van der Waals surface area contributed by atoms with Crippen LogP contribution in [0.4, 0.5) is 5.69 Å². The number of piperazine rings is 1. The van der Waals surface area contributed by atoms with Crippen LogP contribution in [0, 0.1) is 0 Å². The number of hydrogen-bond acceptors (Lipinski definition) is 5. The molecule has 0 bridgehead atoms. The summed E-state index contributed by atoms with van der Waals surface area (Å²) in [6.07, 6.45) is 4.44. The van der Waals surface area contributed by atoms with Gasteiger partial charge in [0.25, 0.3) is 5.91 Å². The number of fused-ring (bicyclic) bond motifs is 1. The number of para-hydroxylation sites is 1. The van der Waals surface area contributed by atoms with Gasteiger partial charge < -0.3 is 19.3 Å². The Morgan fingerprint density at radius 3 is 2.63 bits per heavy atom. The lowest BCUT2D eigenvalue weighted by atomic mass is 10.0. The highest BCUT2D eigenvalue weighted by Gasteiger charge is 2.32. The van der Waals surface area contributed by atoms with Crippen molar-refractivity contribution in [2.24, 2.45) is 0 Å². The van der Waals surface area contributed by atoms with Crippen LogP contribution in [0.5, 0.6) is 11.5 Å². The number of rotatable bonds is 4. The Bertz CT molecular complexity index is 815. The van der Waals surface area contributed by atoms with E-state index < -0.39 is 0 Å². The van der Waals surface area contributed by atoms with E-state index >= 15 is 0 Å². The molecule has 0 atom stereocenters. The largest absolute Gasteiger partial charge is 0.483 e. The average Bonchev–Trinajstić information content (AvgIpc) is 3.01. The summed E-state index contributed by atoms with van der Waals surface area (Å²) in [6.45, 7) is 7.17. The SMILES string of the molecule is CC1(C)Cc2cccc(OCC(=O)N3CCN(c4ccncc4)CC3)c2O1. The van der Waals surface area contributed by atoms with Crippen molar-refractivity contribution in [2.75, 3.05) is 37.7 Å². The van der Waals surface area contributed by atoms with Crippen LogP contribution in [0.1, 0.15) is 19.4 Å². The molecule has 4 rings (SSSR count). The van der Waals surface area contributed by atoms with Crippen LogP contribution in [0.25, 0.3) is 0 Å². The fourth-order valence-electron chi connectivity index (χ4n) is 3.70. The summed E-state index contributed by atoms with van der Waals surface area (Å²) in [5, 5.41) is 0. The molecular weight excluding hydrogens is 342 g/mol. The number of carbonyl (C=O) groups excluding carboxylic acids is 1. The zero-order valence-corrected chi connectivity index (χ0v) is 15.9. The van der Waals surface area contributed by atoms with Crippen molar-refractivity contribution in [3.8, 4) is 11.5 Å². The molecule has 142 valence electrons. The number of ether oxygens (including phenoxy) is 2. The molecule has 2 aliphatic rings. The predicted octanol–water partition coefficient (Wildman–Crippen LogP) is 2.52. The Morgan fingerprint density at radius 2 is 1.89 bits per heavy atom. The van der Waals surface area contributed by atoms with Crippen LogP contribution in [0.15, 0.2) is 42.7 Å². The van der Waals surface area contributed by atoms with Gasteiger partial charge in [-0.15, -0.1) is 0 Å². The van der Waals surface area contributed by atoms with E-state index in [0.717, 1.165) is 36.5 Å². The van der Waals surface area contributed by atoms with Gasteiger partial charge in [0, 0.05) is 56.2 Å². The fourth-order valence-corrected chi connectivity index (χ4v) is 3.70. The van der Waals surface area contributed by atoms with Gasteiger partial charge in [-0.3, -0.25) is 9.78 Å². The van der Waals surface area contributed by atoms with Crippen LogP contribution in [-0.2, 0) is 11.2 Å². The second kappa shape index (κ2) is 7.10. The summed E-state index contributed by atoms with van der Waals surface area (Å²) in [5.41, 5.74) is 2.05. The van der Waals surface area contributed by atoms with Gasteiger partial charge in [0.15, 0.2) is 18.1 Å². The third kappa shape index (κ3) is 3.84. The van der Waals surface area contributed by atoms with Gasteiger partial charge in [-0.25, -0.2) is 0 Å². The van der Waals surface area contributed by atoms with Crippen molar-refractivity contribution in [3.63, 3.8) is 0 Å². The number of amides is 1. The molecule has 0 unspecified atom stereocenters. The van der Waals surface area contributed by atoms with Crippen molar-refractivity contribution in [2.45, 2.75) is 25.9 Å². The Balaban J connectivity index is 1.32.